The minimum atomic E-state index is 0.344. The highest BCUT2D eigenvalue weighted by Gasteiger charge is 2.28. The van der Waals surface area contributed by atoms with Gasteiger partial charge in [0.15, 0.2) is 0 Å². The molecular weight excluding hydrogens is 348 g/mol. The molecule has 4 heterocycles. The van der Waals surface area contributed by atoms with Crippen LogP contribution in [-0.2, 0) is 13.1 Å². The lowest BCUT2D eigenvalue weighted by atomic mass is 10.1. The first-order valence-corrected chi connectivity index (χ1v) is 10.1. The molecule has 1 atom stereocenters. The van der Waals surface area contributed by atoms with Crippen LogP contribution < -0.4 is 5.32 Å². The van der Waals surface area contributed by atoms with Crippen LogP contribution in [0.15, 0.2) is 42.6 Å². The molecule has 1 saturated heterocycles. The molecule has 0 saturated carbocycles. The molecule has 0 aromatic carbocycles. The predicted octanol–water partition coefficient (Wildman–Crippen LogP) is 4.39. The fourth-order valence-electron chi connectivity index (χ4n) is 3.90. The molecule has 6 nitrogen and oxygen atoms in total. The van der Waals surface area contributed by atoms with Gasteiger partial charge in [-0.25, -0.2) is 9.97 Å². The fourth-order valence-corrected chi connectivity index (χ4v) is 3.90. The highest BCUT2D eigenvalue weighted by Crippen LogP contribution is 2.33. The Labute approximate surface area is 166 Å². The molecule has 0 spiro atoms. The zero-order valence-electron chi connectivity index (χ0n) is 16.9. The Bertz CT molecular complexity index is 948. The lowest BCUT2D eigenvalue weighted by Gasteiger charge is -2.24. The van der Waals surface area contributed by atoms with Crippen molar-refractivity contribution in [1.82, 2.24) is 24.6 Å². The van der Waals surface area contributed by atoms with Gasteiger partial charge in [-0.05, 0) is 64.4 Å². The van der Waals surface area contributed by atoms with Crippen molar-refractivity contribution in [2.45, 2.75) is 52.7 Å². The SMILES string of the molecule is CCn1cc(CN2CCC[C@H]2c2cccc(Nc3cccc(C)n3)n2)c(C)n1. The second-order valence-electron chi connectivity index (χ2n) is 7.46. The van der Waals surface area contributed by atoms with Gasteiger partial charge in [-0.2, -0.15) is 5.10 Å². The molecule has 1 N–H and O–H groups in total. The number of hydrogen-bond donors (Lipinski definition) is 1. The molecule has 0 bridgehead atoms. The summed E-state index contributed by atoms with van der Waals surface area (Å²) in [6.07, 6.45) is 4.52. The first-order valence-electron chi connectivity index (χ1n) is 10.1. The predicted molar refractivity (Wildman–Crippen MR) is 112 cm³/mol. The fraction of sp³-hybridized carbons (Fsp3) is 0.409. The zero-order chi connectivity index (χ0) is 19.5. The normalized spacial score (nSPS) is 17.2. The van der Waals surface area contributed by atoms with Gasteiger partial charge in [0.25, 0.3) is 0 Å². The van der Waals surface area contributed by atoms with Crippen molar-refractivity contribution < 1.29 is 0 Å². The van der Waals surface area contributed by atoms with Crippen LogP contribution in [-0.4, -0.2) is 31.2 Å². The topological polar surface area (TPSA) is 58.9 Å². The number of anilines is 2. The van der Waals surface area contributed by atoms with E-state index in [0.29, 0.717) is 6.04 Å². The summed E-state index contributed by atoms with van der Waals surface area (Å²) in [5.74, 6) is 1.67. The monoisotopic (exact) mass is 376 g/mol. The zero-order valence-corrected chi connectivity index (χ0v) is 16.9. The second kappa shape index (κ2) is 8.10. The summed E-state index contributed by atoms with van der Waals surface area (Å²) in [5.41, 5.74) is 4.55. The van der Waals surface area contributed by atoms with Gasteiger partial charge in [0, 0.05) is 30.5 Å². The van der Waals surface area contributed by atoms with Crippen LogP contribution in [0, 0.1) is 13.8 Å². The lowest BCUT2D eigenvalue weighted by Crippen LogP contribution is -2.23. The van der Waals surface area contributed by atoms with Gasteiger partial charge >= 0.3 is 0 Å². The molecule has 28 heavy (non-hydrogen) atoms. The van der Waals surface area contributed by atoms with Crippen LogP contribution in [0.25, 0.3) is 0 Å². The highest BCUT2D eigenvalue weighted by molar-refractivity contribution is 5.51. The van der Waals surface area contributed by atoms with Crippen molar-refractivity contribution in [2.24, 2.45) is 0 Å². The van der Waals surface area contributed by atoms with Crippen molar-refractivity contribution in [2.75, 3.05) is 11.9 Å². The van der Waals surface area contributed by atoms with E-state index < -0.39 is 0 Å². The van der Waals surface area contributed by atoms with Crippen molar-refractivity contribution >= 4 is 11.6 Å². The van der Waals surface area contributed by atoms with Crippen molar-refractivity contribution in [3.63, 3.8) is 0 Å². The molecule has 1 aliphatic heterocycles. The van der Waals surface area contributed by atoms with Crippen LogP contribution in [0.4, 0.5) is 11.6 Å². The summed E-state index contributed by atoms with van der Waals surface area (Å²) < 4.78 is 2.02. The molecule has 0 radical (unpaired) electrons. The van der Waals surface area contributed by atoms with E-state index in [0.717, 1.165) is 54.8 Å². The smallest absolute Gasteiger partial charge is 0.131 e. The van der Waals surface area contributed by atoms with E-state index in [1.54, 1.807) is 0 Å². The third-order valence-corrected chi connectivity index (χ3v) is 5.37. The molecule has 4 rings (SSSR count). The Hall–Kier alpha value is -2.73. The Balaban J connectivity index is 1.51. The summed E-state index contributed by atoms with van der Waals surface area (Å²) in [5, 5.41) is 7.93. The van der Waals surface area contributed by atoms with Gasteiger partial charge in [0.05, 0.1) is 17.4 Å². The van der Waals surface area contributed by atoms with Gasteiger partial charge in [-0.1, -0.05) is 12.1 Å². The average molecular weight is 377 g/mol. The van der Waals surface area contributed by atoms with Crippen molar-refractivity contribution in [3.05, 3.63) is 65.2 Å². The van der Waals surface area contributed by atoms with Crippen molar-refractivity contribution in [1.29, 1.82) is 0 Å². The molecule has 0 unspecified atom stereocenters. The van der Waals surface area contributed by atoms with E-state index in [2.05, 4.69) is 52.5 Å². The number of nitrogens with one attached hydrogen (secondary N) is 1. The number of hydrogen-bond acceptors (Lipinski definition) is 5. The summed E-state index contributed by atoms with van der Waals surface area (Å²) in [6, 6.07) is 12.5. The number of rotatable bonds is 6. The number of pyridine rings is 2. The summed E-state index contributed by atoms with van der Waals surface area (Å²) in [4.78, 5) is 11.9. The maximum Gasteiger partial charge on any atom is 0.131 e. The molecule has 3 aromatic rings. The van der Waals surface area contributed by atoms with E-state index in [1.165, 1.54) is 12.0 Å². The largest absolute Gasteiger partial charge is 0.325 e. The van der Waals surface area contributed by atoms with Crippen LogP contribution >= 0.6 is 0 Å². The second-order valence-corrected chi connectivity index (χ2v) is 7.46. The minimum Gasteiger partial charge on any atom is -0.325 e. The molecule has 6 heteroatoms. The Morgan fingerprint density at radius 2 is 1.86 bits per heavy atom. The van der Waals surface area contributed by atoms with Crippen LogP contribution in [0.1, 0.15) is 48.5 Å². The lowest BCUT2D eigenvalue weighted by molar-refractivity contribution is 0.244. The van der Waals surface area contributed by atoms with E-state index >= 15 is 0 Å². The Kier molecular flexibility index (Phi) is 5.39. The van der Waals surface area contributed by atoms with Crippen LogP contribution in [0.2, 0.25) is 0 Å². The van der Waals surface area contributed by atoms with E-state index in [-0.39, 0.29) is 0 Å². The van der Waals surface area contributed by atoms with Gasteiger partial charge in [-0.3, -0.25) is 9.58 Å². The van der Waals surface area contributed by atoms with E-state index in [1.807, 2.05) is 35.9 Å². The number of aryl methyl sites for hydroxylation is 3. The van der Waals surface area contributed by atoms with Gasteiger partial charge in [0.1, 0.15) is 11.6 Å². The maximum absolute atomic E-state index is 4.90. The van der Waals surface area contributed by atoms with E-state index in [9.17, 15) is 0 Å². The van der Waals surface area contributed by atoms with Crippen LogP contribution in [0.3, 0.4) is 0 Å². The van der Waals surface area contributed by atoms with Gasteiger partial charge in [-0.15, -0.1) is 0 Å². The summed E-state index contributed by atoms with van der Waals surface area (Å²) in [6.45, 7) is 9.15. The van der Waals surface area contributed by atoms with Crippen LogP contribution in [0.5, 0.6) is 0 Å². The summed E-state index contributed by atoms with van der Waals surface area (Å²) >= 11 is 0. The Morgan fingerprint density at radius 1 is 1.07 bits per heavy atom. The number of nitrogens with zero attached hydrogens (tertiary/aromatic N) is 5. The third kappa shape index (κ3) is 4.07. The number of likely N-dealkylation sites (tertiary alicyclic amines) is 1. The third-order valence-electron chi connectivity index (χ3n) is 5.37. The first kappa shape index (κ1) is 18.6. The maximum atomic E-state index is 4.90. The van der Waals surface area contributed by atoms with Crippen molar-refractivity contribution in [3.8, 4) is 0 Å². The summed E-state index contributed by atoms with van der Waals surface area (Å²) in [7, 11) is 0. The van der Waals surface area contributed by atoms with E-state index in [4.69, 9.17) is 4.98 Å². The molecule has 1 aliphatic rings. The molecular formula is C22H28N6. The molecule has 146 valence electrons. The molecule has 0 aliphatic carbocycles. The number of aromatic nitrogens is 4. The van der Waals surface area contributed by atoms with Gasteiger partial charge < -0.3 is 5.32 Å². The quantitative estimate of drug-likeness (QED) is 0.691. The standard InChI is InChI=1S/C22H28N6/c1-4-28-15-18(17(3)26-28)14-27-13-7-10-20(27)19-9-6-12-22(24-19)25-21-11-5-8-16(2)23-21/h5-6,8-9,11-12,15,20H,4,7,10,13-14H2,1-3H3,(H,23,24,25)/t20-/m0/s1. The average Bonchev–Trinajstić information content (AvgIpc) is 3.29. The molecule has 1 fully saturated rings. The minimum absolute atomic E-state index is 0.344. The van der Waals surface area contributed by atoms with Gasteiger partial charge in [0.2, 0.25) is 0 Å². The Morgan fingerprint density at radius 3 is 2.61 bits per heavy atom. The first-order chi connectivity index (χ1) is 13.6. The highest BCUT2D eigenvalue weighted by atomic mass is 15.3. The molecule has 0 amide bonds. The molecule has 3 aromatic heterocycles.